The lowest BCUT2D eigenvalue weighted by Crippen LogP contribution is -2.48. The highest BCUT2D eigenvalue weighted by molar-refractivity contribution is 6.09. The number of rotatable bonds is 5. The molecule has 8 heteroatoms. The van der Waals surface area contributed by atoms with Gasteiger partial charge in [-0.1, -0.05) is 24.3 Å². The van der Waals surface area contributed by atoms with Gasteiger partial charge in [0.05, 0.1) is 17.9 Å². The first-order valence-electron chi connectivity index (χ1n) is 14.3. The molecule has 3 aliphatic rings. The average molecular weight is 539 g/mol. The van der Waals surface area contributed by atoms with Gasteiger partial charge in [0.25, 0.3) is 5.91 Å². The number of nitrogens with one attached hydrogen (secondary N) is 3. The van der Waals surface area contributed by atoms with Crippen LogP contribution in [0.4, 0.5) is 22.7 Å². The number of carbonyl (C=O) groups excluding carboxylic acids is 2. The summed E-state index contributed by atoms with van der Waals surface area (Å²) >= 11 is 0. The molecule has 0 aliphatic carbocycles. The van der Waals surface area contributed by atoms with E-state index in [4.69, 9.17) is 0 Å². The number of benzene rings is 3. The molecule has 1 saturated heterocycles. The minimum absolute atomic E-state index is 0.0403. The van der Waals surface area contributed by atoms with Crippen LogP contribution in [0, 0.1) is 0 Å². The van der Waals surface area contributed by atoms with E-state index in [-0.39, 0.29) is 24.4 Å². The van der Waals surface area contributed by atoms with E-state index in [0.717, 1.165) is 73.8 Å². The van der Waals surface area contributed by atoms with Gasteiger partial charge >= 0.3 is 0 Å². The summed E-state index contributed by atoms with van der Waals surface area (Å²) in [7, 11) is 2.08. The van der Waals surface area contributed by atoms with Crippen molar-refractivity contribution in [3.63, 3.8) is 0 Å². The summed E-state index contributed by atoms with van der Waals surface area (Å²) in [5.74, 6) is 0.0388. The SMILES string of the molecule is CC1CCN(C(=O)c2ccc(-c3ccc4c(c3)CCN4)c(NCC(=O)N3CCN(C)CC3)c2)c2ccccc2N1. The Labute approximate surface area is 236 Å². The molecule has 208 valence electrons. The van der Waals surface area contributed by atoms with Gasteiger partial charge < -0.3 is 30.7 Å². The third-order valence-corrected chi connectivity index (χ3v) is 8.31. The fraction of sp³-hybridized carbons (Fsp3) is 0.375. The minimum atomic E-state index is -0.0403. The van der Waals surface area contributed by atoms with Crippen LogP contribution in [-0.2, 0) is 11.2 Å². The Kier molecular flexibility index (Phi) is 7.34. The summed E-state index contributed by atoms with van der Waals surface area (Å²) in [6.45, 7) is 7.15. The third-order valence-electron chi connectivity index (χ3n) is 8.31. The van der Waals surface area contributed by atoms with Crippen molar-refractivity contribution < 1.29 is 9.59 Å². The molecule has 3 heterocycles. The molecule has 2 amide bonds. The van der Waals surface area contributed by atoms with Gasteiger partial charge in [0, 0.05) is 67.8 Å². The molecule has 8 nitrogen and oxygen atoms in total. The van der Waals surface area contributed by atoms with Crippen LogP contribution >= 0.6 is 0 Å². The molecule has 0 bridgehead atoms. The summed E-state index contributed by atoms with van der Waals surface area (Å²) in [5.41, 5.74) is 7.81. The minimum Gasteiger partial charge on any atom is -0.384 e. The van der Waals surface area contributed by atoms with E-state index in [1.54, 1.807) is 0 Å². The van der Waals surface area contributed by atoms with Gasteiger partial charge in [0.2, 0.25) is 5.91 Å². The van der Waals surface area contributed by atoms with Crippen LogP contribution in [0.1, 0.15) is 29.3 Å². The summed E-state index contributed by atoms with van der Waals surface area (Å²) in [6, 6.07) is 20.6. The highest BCUT2D eigenvalue weighted by Gasteiger charge is 2.26. The van der Waals surface area contributed by atoms with Gasteiger partial charge in [0.15, 0.2) is 0 Å². The first-order valence-corrected chi connectivity index (χ1v) is 14.3. The Balaban J connectivity index is 1.31. The van der Waals surface area contributed by atoms with E-state index in [1.807, 2.05) is 52.3 Å². The highest BCUT2D eigenvalue weighted by Crippen LogP contribution is 2.35. The maximum atomic E-state index is 14.0. The van der Waals surface area contributed by atoms with Crippen LogP contribution in [0.2, 0.25) is 0 Å². The molecule has 3 aromatic carbocycles. The first kappa shape index (κ1) is 26.2. The number of para-hydroxylation sites is 2. The van der Waals surface area contributed by atoms with E-state index >= 15 is 0 Å². The number of hydrogen-bond donors (Lipinski definition) is 3. The Morgan fingerprint density at radius 2 is 1.77 bits per heavy atom. The molecule has 0 aromatic heterocycles. The number of amides is 2. The molecule has 3 aromatic rings. The van der Waals surface area contributed by atoms with Crippen molar-refractivity contribution >= 4 is 34.6 Å². The fourth-order valence-electron chi connectivity index (χ4n) is 5.86. The number of hydrogen-bond acceptors (Lipinski definition) is 6. The lowest BCUT2D eigenvalue weighted by atomic mass is 9.98. The second-order valence-electron chi connectivity index (χ2n) is 11.2. The topological polar surface area (TPSA) is 80.0 Å². The van der Waals surface area contributed by atoms with Gasteiger partial charge in [0.1, 0.15) is 0 Å². The maximum Gasteiger partial charge on any atom is 0.258 e. The predicted octanol–water partition coefficient (Wildman–Crippen LogP) is 4.36. The van der Waals surface area contributed by atoms with Crippen molar-refractivity contribution in [1.29, 1.82) is 0 Å². The predicted molar refractivity (Wildman–Crippen MR) is 162 cm³/mol. The number of anilines is 4. The van der Waals surface area contributed by atoms with Crippen molar-refractivity contribution in [2.45, 2.75) is 25.8 Å². The van der Waals surface area contributed by atoms with Gasteiger partial charge in [-0.3, -0.25) is 9.59 Å². The molecule has 6 rings (SSSR count). The summed E-state index contributed by atoms with van der Waals surface area (Å²) in [6.07, 6.45) is 1.84. The molecule has 3 N–H and O–H groups in total. The van der Waals surface area contributed by atoms with E-state index in [9.17, 15) is 9.59 Å². The summed E-state index contributed by atoms with van der Waals surface area (Å²) in [4.78, 5) is 33.1. The Morgan fingerprint density at radius 1 is 0.950 bits per heavy atom. The van der Waals surface area contributed by atoms with Crippen molar-refractivity contribution in [3.05, 3.63) is 71.8 Å². The normalized spacial score (nSPS) is 18.7. The van der Waals surface area contributed by atoms with Crippen molar-refractivity contribution in [2.75, 3.05) is 73.7 Å². The third kappa shape index (κ3) is 5.36. The number of likely N-dealkylation sites (N-methyl/N-ethyl adjacent to an activating group) is 1. The number of fused-ring (bicyclic) bond motifs is 2. The van der Waals surface area contributed by atoms with Crippen LogP contribution in [0.5, 0.6) is 0 Å². The van der Waals surface area contributed by atoms with E-state index in [2.05, 4.69) is 53.0 Å². The zero-order valence-corrected chi connectivity index (χ0v) is 23.4. The molecule has 1 fully saturated rings. The number of carbonyl (C=O) groups is 2. The van der Waals surface area contributed by atoms with E-state index in [1.165, 1.54) is 11.3 Å². The monoisotopic (exact) mass is 538 g/mol. The lowest BCUT2D eigenvalue weighted by molar-refractivity contribution is -0.130. The fourth-order valence-corrected chi connectivity index (χ4v) is 5.86. The van der Waals surface area contributed by atoms with Crippen molar-refractivity contribution in [2.24, 2.45) is 0 Å². The molecule has 1 unspecified atom stereocenters. The highest BCUT2D eigenvalue weighted by atomic mass is 16.2. The first-order chi connectivity index (χ1) is 19.5. The average Bonchev–Trinajstić information content (AvgIpc) is 3.38. The Bertz CT molecular complexity index is 1410. The molecule has 0 saturated carbocycles. The molecule has 0 spiro atoms. The maximum absolute atomic E-state index is 14.0. The van der Waals surface area contributed by atoms with Gasteiger partial charge in [-0.25, -0.2) is 0 Å². The van der Waals surface area contributed by atoms with Crippen molar-refractivity contribution in [1.82, 2.24) is 9.80 Å². The van der Waals surface area contributed by atoms with E-state index in [0.29, 0.717) is 12.1 Å². The Morgan fingerprint density at radius 3 is 2.62 bits per heavy atom. The molecule has 3 aliphatic heterocycles. The second kappa shape index (κ2) is 11.2. The zero-order chi connectivity index (χ0) is 27.6. The van der Waals surface area contributed by atoms with Crippen LogP contribution in [0.3, 0.4) is 0 Å². The van der Waals surface area contributed by atoms with Gasteiger partial charge in [-0.15, -0.1) is 0 Å². The van der Waals surface area contributed by atoms with Crippen LogP contribution in [0.15, 0.2) is 60.7 Å². The quantitative estimate of drug-likeness (QED) is 0.448. The van der Waals surface area contributed by atoms with Gasteiger partial charge in [-0.2, -0.15) is 0 Å². The van der Waals surface area contributed by atoms with Crippen LogP contribution in [-0.4, -0.2) is 80.5 Å². The van der Waals surface area contributed by atoms with Crippen LogP contribution < -0.4 is 20.9 Å². The van der Waals surface area contributed by atoms with Gasteiger partial charge in [-0.05, 0) is 74.3 Å². The molecule has 1 atom stereocenters. The lowest BCUT2D eigenvalue weighted by Gasteiger charge is -2.32. The largest absolute Gasteiger partial charge is 0.384 e. The number of piperazine rings is 1. The number of nitrogens with zero attached hydrogens (tertiary/aromatic N) is 3. The smallest absolute Gasteiger partial charge is 0.258 e. The van der Waals surface area contributed by atoms with E-state index < -0.39 is 0 Å². The Hall–Kier alpha value is -4.04. The van der Waals surface area contributed by atoms with Crippen LogP contribution in [0.25, 0.3) is 11.1 Å². The molecule has 40 heavy (non-hydrogen) atoms. The zero-order valence-electron chi connectivity index (χ0n) is 23.4. The standard InChI is InChI=1S/C32H38N6O2/c1-22-12-14-38(30-6-4-3-5-28(30)35-22)32(40)25-7-9-26(23-8-10-27-24(19-23)11-13-33-27)29(20-25)34-21-31(39)37-17-15-36(2)16-18-37/h3-10,19-20,22,33-35H,11-18,21H2,1-2H3. The summed E-state index contributed by atoms with van der Waals surface area (Å²) < 4.78 is 0. The molecular weight excluding hydrogens is 500 g/mol. The molecule has 0 radical (unpaired) electrons. The van der Waals surface area contributed by atoms with Crippen molar-refractivity contribution in [3.8, 4) is 11.1 Å². The second-order valence-corrected chi connectivity index (χ2v) is 11.2. The molecular formula is C32H38N6O2. The summed E-state index contributed by atoms with van der Waals surface area (Å²) in [5, 5.41) is 10.4.